The third-order valence-electron chi connectivity index (χ3n) is 4.48. The molecule has 0 aromatic heterocycles. The number of likely N-dealkylation sites (tertiary alicyclic amines) is 1. The molecule has 2 heterocycles. The van der Waals surface area contributed by atoms with Crippen LogP contribution in [0.4, 0.5) is 4.79 Å². The minimum atomic E-state index is -0.445. The standard InChI is InChI=1S/C18H25NO3/c1-13-5-6-14-12-21-18(15(14)11-13)7-9-19(10-8-18)16(20)22-17(2,3)4/h5-6,11H,7-10,12H2,1-4H3. The van der Waals surface area contributed by atoms with Gasteiger partial charge in [0.25, 0.3) is 0 Å². The van der Waals surface area contributed by atoms with E-state index in [1.165, 1.54) is 16.7 Å². The molecule has 0 saturated carbocycles. The predicted molar refractivity (Wildman–Crippen MR) is 84.7 cm³/mol. The van der Waals surface area contributed by atoms with Gasteiger partial charge in [-0.25, -0.2) is 4.79 Å². The van der Waals surface area contributed by atoms with Gasteiger partial charge in [-0.2, -0.15) is 0 Å². The molecule has 1 aromatic carbocycles. The van der Waals surface area contributed by atoms with Gasteiger partial charge in [0.1, 0.15) is 5.60 Å². The maximum Gasteiger partial charge on any atom is 0.410 e. The minimum Gasteiger partial charge on any atom is -0.444 e. The lowest BCUT2D eigenvalue weighted by Crippen LogP contribution is -2.46. The van der Waals surface area contributed by atoms with E-state index in [0.29, 0.717) is 19.7 Å². The van der Waals surface area contributed by atoms with E-state index in [4.69, 9.17) is 9.47 Å². The Bertz CT molecular complexity index is 580. The van der Waals surface area contributed by atoms with Gasteiger partial charge in [-0.3, -0.25) is 0 Å². The van der Waals surface area contributed by atoms with Crippen molar-refractivity contribution in [2.75, 3.05) is 13.1 Å². The molecular weight excluding hydrogens is 278 g/mol. The first-order valence-corrected chi connectivity index (χ1v) is 8.01. The molecule has 0 unspecified atom stereocenters. The number of nitrogens with zero attached hydrogens (tertiary/aromatic N) is 1. The van der Waals surface area contributed by atoms with Crippen molar-refractivity contribution in [1.82, 2.24) is 4.90 Å². The number of hydrogen-bond donors (Lipinski definition) is 0. The Labute approximate surface area is 132 Å². The fraction of sp³-hybridized carbons (Fsp3) is 0.611. The highest BCUT2D eigenvalue weighted by molar-refractivity contribution is 5.68. The zero-order chi connectivity index (χ0) is 16.0. The van der Waals surface area contributed by atoms with Crippen LogP contribution in [-0.4, -0.2) is 29.7 Å². The molecule has 2 aliphatic heterocycles. The van der Waals surface area contributed by atoms with E-state index in [0.717, 1.165) is 12.8 Å². The van der Waals surface area contributed by atoms with E-state index >= 15 is 0 Å². The number of carbonyl (C=O) groups excluding carboxylic acids is 1. The number of fused-ring (bicyclic) bond motifs is 2. The van der Waals surface area contributed by atoms with Gasteiger partial charge >= 0.3 is 6.09 Å². The van der Waals surface area contributed by atoms with Crippen LogP contribution < -0.4 is 0 Å². The van der Waals surface area contributed by atoms with Crippen LogP contribution in [0.3, 0.4) is 0 Å². The van der Waals surface area contributed by atoms with E-state index in [2.05, 4.69) is 25.1 Å². The molecule has 0 aliphatic carbocycles. The number of ether oxygens (including phenoxy) is 2. The van der Waals surface area contributed by atoms with Crippen LogP contribution in [0.1, 0.15) is 50.3 Å². The summed E-state index contributed by atoms with van der Waals surface area (Å²) in [5.74, 6) is 0. The van der Waals surface area contributed by atoms with Crippen molar-refractivity contribution in [2.24, 2.45) is 0 Å². The SMILES string of the molecule is Cc1ccc2c(c1)C1(CCN(C(=O)OC(C)(C)C)CC1)OC2. The second kappa shape index (κ2) is 5.27. The largest absolute Gasteiger partial charge is 0.444 e. The molecule has 0 atom stereocenters. The van der Waals surface area contributed by atoms with Gasteiger partial charge in [0.2, 0.25) is 0 Å². The molecule has 1 spiro atoms. The highest BCUT2D eigenvalue weighted by Crippen LogP contribution is 2.44. The highest BCUT2D eigenvalue weighted by atomic mass is 16.6. The summed E-state index contributed by atoms with van der Waals surface area (Å²) in [4.78, 5) is 14.0. The second-order valence-electron chi connectivity index (χ2n) is 7.41. The Morgan fingerprint density at radius 2 is 1.95 bits per heavy atom. The summed E-state index contributed by atoms with van der Waals surface area (Å²) in [6.07, 6.45) is 1.45. The maximum absolute atomic E-state index is 12.2. The Balaban J connectivity index is 1.71. The van der Waals surface area contributed by atoms with Crippen LogP contribution in [0.5, 0.6) is 0 Å². The lowest BCUT2D eigenvalue weighted by Gasteiger charge is -2.39. The van der Waals surface area contributed by atoms with Crippen LogP contribution in [-0.2, 0) is 21.7 Å². The van der Waals surface area contributed by atoms with Crippen LogP contribution >= 0.6 is 0 Å². The van der Waals surface area contributed by atoms with Gasteiger partial charge in [0.05, 0.1) is 12.2 Å². The number of aryl methyl sites for hydroxylation is 1. The molecule has 120 valence electrons. The highest BCUT2D eigenvalue weighted by Gasteiger charge is 2.43. The summed E-state index contributed by atoms with van der Waals surface area (Å²) in [5, 5.41) is 0. The Kier molecular flexibility index (Phi) is 3.68. The van der Waals surface area contributed by atoms with Crippen molar-refractivity contribution in [2.45, 2.75) is 58.3 Å². The Morgan fingerprint density at radius 3 is 2.59 bits per heavy atom. The number of piperidine rings is 1. The van der Waals surface area contributed by atoms with E-state index in [-0.39, 0.29) is 11.7 Å². The van der Waals surface area contributed by atoms with Gasteiger partial charge in [-0.15, -0.1) is 0 Å². The number of rotatable bonds is 0. The lowest BCUT2D eigenvalue weighted by molar-refractivity contribution is -0.0797. The minimum absolute atomic E-state index is 0.208. The van der Waals surface area contributed by atoms with Crippen molar-refractivity contribution >= 4 is 6.09 Å². The van der Waals surface area contributed by atoms with Crippen molar-refractivity contribution in [3.63, 3.8) is 0 Å². The summed E-state index contributed by atoms with van der Waals surface area (Å²) in [6.45, 7) is 9.86. The van der Waals surface area contributed by atoms with E-state index in [9.17, 15) is 4.79 Å². The third-order valence-corrected chi connectivity index (χ3v) is 4.48. The first-order valence-electron chi connectivity index (χ1n) is 8.01. The average molecular weight is 303 g/mol. The van der Waals surface area contributed by atoms with Crippen LogP contribution in [0.25, 0.3) is 0 Å². The normalized spacial score (nSPS) is 20.1. The summed E-state index contributed by atoms with van der Waals surface area (Å²) in [7, 11) is 0. The van der Waals surface area contributed by atoms with Crippen LogP contribution in [0.2, 0.25) is 0 Å². The predicted octanol–water partition coefficient (Wildman–Crippen LogP) is 3.75. The summed E-state index contributed by atoms with van der Waals surface area (Å²) in [6, 6.07) is 6.54. The zero-order valence-electron chi connectivity index (χ0n) is 13.9. The van der Waals surface area contributed by atoms with Gasteiger partial charge < -0.3 is 14.4 Å². The first kappa shape index (κ1) is 15.3. The van der Waals surface area contributed by atoms with E-state index in [1.54, 1.807) is 4.90 Å². The molecule has 4 heteroatoms. The Morgan fingerprint density at radius 1 is 1.27 bits per heavy atom. The monoisotopic (exact) mass is 303 g/mol. The number of carbonyl (C=O) groups is 1. The third kappa shape index (κ3) is 2.84. The molecule has 1 aromatic rings. The molecule has 1 saturated heterocycles. The Hall–Kier alpha value is -1.55. The maximum atomic E-state index is 12.2. The molecule has 1 amide bonds. The van der Waals surface area contributed by atoms with Crippen molar-refractivity contribution < 1.29 is 14.3 Å². The molecule has 0 bridgehead atoms. The van der Waals surface area contributed by atoms with E-state index in [1.807, 2.05) is 20.8 Å². The fourth-order valence-electron chi connectivity index (χ4n) is 3.32. The number of amides is 1. The molecule has 4 nitrogen and oxygen atoms in total. The fourth-order valence-corrected chi connectivity index (χ4v) is 3.32. The molecule has 3 rings (SSSR count). The summed E-state index contributed by atoms with van der Waals surface area (Å²) < 4.78 is 11.6. The molecular formula is C18H25NO3. The molecule has 0 radical (unpaired) electrons. The molecule has 0 N–H and O–H groups in total. The molecule has 22 heavy (non-hydrogen) atoms. The van der Waals surface area contributed by atoms with Gasteiger partial charge in [0, 0.05) is 13.1 Å². The van der Waals surface area contributed by atoms with Crippen molar-refractivity contribution in [1.29, 1.82) is 0 Å². The topological polar surface area (TPSA) is 38.8 Å². The van der Waals surface area contributed by atoms with Crippen LogP contribution in [0, 0.1) is 6.92 Å². The molecule has 2 aliphatic rings. The van der Waals surface area contributed by atoms with E-state index < -0.39 is 5.60 Å². The smallest absolute Gasteiger partial charge is 0.410 e. The average Bonchev–Trinajstić information content (AvgIpc) is 2.76. The quantitative estimate of drug-likeness (QED) is 0.732. The first-order chi connectivity index (χ1) is 10.3. The van der Waals surface area contributed by atoms with Crippen LogP contribution in [0.15, 0.2) is 18.2 Å². The number of hydrogen-bond acceptors (Lipinski definition) is 3. The summed E-state index contributed by atoms with van der Waals surface area (Å²) >= 11 is 0. The zero-order valence-corrected chi connectivity index (χ0v) is 13.9. The van der Waals surface area contributed by atoms with Gasteiger partial charge in [-0.05, 0) is 51.7 Å². The molecule has 1 fully saturated rings. The number of benzene rings is 1. The lowest BCUT2D eigenvalue weighted by atomic mass is 9.83. The summed E-state index contributed by atoms with van der Waals surface area (Å²) in [5.41, 5.74) is 3.21. The van der Waals surface area contributed by atoms with Gasteiger partial charge in [-0.1, -0.05) is 23.8 Å². The van der Waals surface area contributed by atoms with Crippen molar-refractivity contribution in [3.05, 3.63) is 34.9 Å². The van der Waals surface area contributed by atoms with Gasteiger partial charge in [0.15, 0.2) is 0 Å². The van der Waals surface area contributed by atoms with Crippen molar-refractivity contribution in [3.8, 4) is 0 Å². The second-order valence-corrected chi connectivity index (χ2v) is 7.41.